The third kappa shape index (κ3) is 6.96. The highest BCUT2D eigenvalue weighted by molar-refractivity contribution is 5.65. The summed E-state index contributed by atoms with van der Waals surface area (Å²) in [4.78, 5) is 4.36. The fourth-order valence-corrected chi connectivity index (χ4v) is 3.23. The Bertz CT molecular complexity index is 780. The van der Waals surface area contributed by atoms with Crippen molar-refractivity contribution in [3.05, 3.63) is 65.5 Å². The Morgan fingerprint density at radius 1 is 1.10 bits per heavy atom. The maximum absolute atomic E-state index is 10.5. The monoisotopic (exact) mass is 399 g/mol. The van der Waals surface area contributed by atoms with E-state index in [-0.39, 0.29) is 0 Å². The van der Waals surface area contributed by atoms with Gasteiger partial charge in [-0.3, -0.25) is 4.98 Å². The molecule has 0 saturated heterocycles. The van der Waals surface area contributed by atoms with Gasteiger partial charge in [-0.1, -0.05) is 39.0 Å². The zero-order valence-electron chi connectivity index (χ0n) is 17.6. The third-order valence-corrected chi connectivity index (χ3v) is 5.45. The normalized spacial score (nSPS) is 12.4. The first-order valence-electron chi connectivity index (χ1n) is 10.3. The molecule has 1 heterocycles. The van der Waals surface area contributed by atoms with Crippen LogP contribution in [0.2, 0.25) is 0 Å². The van der Waals surface area contributed by atoms with Gasteiger partial charge in [0.1, 0.15) is 12.4 Å². The topological polar surface area (TPSA) is 82.8 Å². The van der Waals surface area contributed by atoms with Crippen LogP contribution in [0, 0.1) is 0 Å². The van der Waals surface area contributed by atoms with Crippen molar-refractivity contribution in [2.45, 2.75) is 71.4 Å². The molecule has 0 amide bonds. The molecule has 0 aliphatic heterocycles. The zero-order chi connectivity index (χ0) is 21.3. The van der Waals surface area contributed by atoms with E-state index in [1.165, 1.54) is 5.57 Å². The Hall–Kier alpha value is -2.21. The molecule has 158 valence electrons. The van der Waals surface area contributed by atoms with Crippen LogP contribution in [-0.4, -0.2) is 25.9 Å². The van der Waals surface area contributed by atoms with Gasteiger partial charge in [0.2, 0.25) is 0 Å². The first kappa shape index (κ1) is 23.1. The Morgan fingerprint density at radius 2 is 1.79 bits per heavy atom. The summed E-state index contributed by atoms with van der Waals surface area (Å²) in [7, 11) is 0. The molecule has 0 radical (unpaired) electrons. The van der Waals surface area contributed by atoms with Gasteiger partial charge >= 0.3 is 0 Å². The van der Waals surface area contributed by atoms with E-state index in [4.69, 9.17) is 14.9 Å². The molecule has 0 bridgehead atoms. The van der Waals surface area contributed by atoms with Crippen molar-refractivity contribution in [1.82, 2.24) is 4.98 Å². The summed E-state index contributed by atoms with van der Waals surface area (Å²) in [6, 6.07) is 8.76. The summed E-state index contributed by atoms with van der Waals surface area (Å²) in [6.07, 6.45) is 8.41. The lowest BCUT2D eigenvalue weighted by atomic mass is 9.91. The SMILES string of the molecule is CCC(=CCCC(O)(CC)CC)c1cncc(COc2ccc(C(O)O)cc2)c1. The lowest BCUT2D eigenvalue weighted by Gasteiger charge is -2.24. The molecule has 0 unspecified atom stereocenters. The molecular weight excluding hydrogens is 366 g/mol. The van der Waals surface area contributed by atoms with Crippen LogP contribution in [0.25, 0.3) is 5.57 Å². The van der Waals surface area contributed by atoms with E-state index in [0.29, 0.717) is 17.9 Å². The smallest absolute Gasteiger partial charge is 0.178 e. The number of nitrogens with zero attached hydrogens (tertiary/aromatic N) is 1. The van der Waals surface area contributed by atoms with Gasteiger partial charge < -0.3 is 20.1 Å². The van der Waals surface area contributed by atoms with E-state index < -0.39 is 11.9 Å². The standard InChI is InChI=1S/C24H33NO4/c1-4-19(8-7-13-24(28,5-2)6-3)21-14-18(15-25-16-21)17-29-22-11-9-20(10-12-22)23(26)27/h8-12,14-16,23,26-28H,4-7,13,17H2,1-3H3. The van der Waals surface area contributed by atoms with Crippen LogP contribution < -0.4 is 4.74 Å². The molecule has 5 nitrogen and oxygen atoms in total. The van der Waals surface area contributed by atoms with Gasteiger partial charge in [-0.2, -0.15) is 0 Å². The average molecular weight is 400 g/mol. The molecule has 3 N–H and O–H groups in total. The van der Waals surface area contributed by atoms with Crippen LogP contribution in [-0.2, 0) is 6.61 Å². The molecule has 0 saturated carbocycles. The predicted molar refractivity (Wildman–Crippen MR) is 115 cm³/mol. The molecule has 29 heavy (non-hydrogen) atoms. The largest absolute Gasteiger partial charge is 0.489 e. The predicted octanol–water partition coefficient (Wildman–Crippen LogP) is 4.77. The van der Waals surface area contributed by atoms with Crippen LogP contribution >= 0.6 is 0 Å². The molecule has 5 heteroatoms. The molecule has 0 aliphatic carbocycles. The summed E-state index contributed by atoms with van der Waals surface area (Å²) in [6.45, 7) is 6.56. The van der Waals surface area contributed by atoms with Crippen LogP contribution in [0.1, 0.15) is 75.9 Å². The number of ether oxygens (including phenoxy) is 1. The van der Waals surface area contributed by atoms with E-state index >= 15 is 0 Å². The quantitative estimate of drug-likeness (QED) is 0.474. The van der Waals surface area contributed by atoms with Crippen molar-refractivity contribution in [3.63, 3.8) is 0 Å². The van der Waals surface area contributed by atoms with Crippen molar-refractivity contribution >= 4 is 5.57 Å². The number of pyridine rings is 1. The average Bonchev–Trinajstić information content (AvgIpc) is 2.75. The van der Waals surface area contributed by atoms with E-state index in [9.17, 15) is 5.11 Å². The number of benzene rings is 1. The molecule has 1 aromatic heterocycles. The Balaban J connectivity index is 2.01. The molecule has 0 fully saturated rings. The molecule has 2 aromatic rings. The fourth-order valence-electron chi connectivity index (χ4n) is 3.23. The van der Waals surface area contributed by atoms with Crippen molar-refractivity contribution in [2.24, 2.45) is 0 Å². The second-order valence-electron chi connectivity index (χ2n) is 7.37. The lowest BCUT2D eigenvalue weighted by Crippen LogP contribution is -2.25. The number of rotatable bonds is 11. The van der Waals surface area contributed by atoms with E-state index in [1.807, 2.05) is 20.0 Å². The minimum absolute atomic E-state index is 0.379. The maximum Gasteiger partial charge on any atom is 0.178 e. The molecule has 2 rings (SSSR count). The molecule has 0 atom stereocenters. The Kier molecular flexibility index (Phi) is 8.83. The van der Waals surface area contributed by atoms with Gasteiger partial charge in [0.25, 0.3) is 0 Å². The molecule has 0 spiro atoms. The van der Waals surface area contributed by atoms with E-state index in [2.05, 4.69) is 24.1 Å². The van der Waals surface area contributed by atoms with Crippen LogP contribution in [0.15, 0.2) is 48.8 Å². The Morgan fingerprint density at radius 3 is 2.38 bits per heavy atom. The summed E-state index contributed by atoms with van der Waals surface area (Å²) in [5.41, 5.74) is 3.10. The van der Waals surface area contributed by atoms with Crippen molar-refractivity contribution in [3.8, 4) is 5.75 Å². The fraction of sp³-hybridized carbons (Fsp3) is 0.458. The second-order valence-corrected chi connectivity index (χ2v) is 7.37. The molecular formula is C24H33NO4. The summed E-state index contributed by atoms with van der Waals surface area (Å²) in [5, 5.41) is 28.8. The summed E-state index contributed by atoms with van der Waals surface area (Å²) in [5.74, 6) is 0.657. The minimum Gasteiger partial charge on any atom is -0.489 e. The van der Waals surface area contributed by atoms with Crippen LogP contribution in [0.4, 0.5) is 0 Å². The highest BCUT2D eigenvalue weighted by Gasteiger charge is 2.20. The van der Waals surface area contributed by atoms with Gasteiger partial charge in [0.05, 0.1) is 5.60 Å². The highest BCUT2D eigenvalue weighted by atomic mass is 16.5. The number of aliphatic hydroxyl groups is 3. The van der Waals surface area contributed by atoms with Crippen molar-refractivity contribution in [2.75, 3.05) is 0 Å². The van der Waals surface area contributed by atoms with Gasteiger partial charge in [0.15, 0.2) is 6.29 Å². The van der Waals surface area contributed by atoms with E-state index in [0.717, 1.165) is 43.2 Å². The Labute approximate surface area is 173 Å². The molecule has 0 aliphatic rings. The summed E-state index contributed by atoms with van der Waals surface area (Å²) < 4.78 is 5.79. The second kappa shape index (κ2) is 11.1. The van der Waals surface area contributed by atoms with Crippen molar-refractivity contribution in [1.29, 1.82) is 0 Å². The first-order chi connectivity index (χ1) is 13.9. The highest BCUT2D eigenvalue weighted by Crippen LogP contribution is 2.25. The minimum atomic E-state index is -1.48. The van der Waals surface area contributed by atoms with Gasteiger partial charge in [0, 0.05) is 23.5 Å². The number of hydrogen-bond acceptors (Lipinski definition) is 5. The van der Waals surface area contributed by atoms with Gasteiger partial charge in [-0.25, -0.2) is 0 Å². The number of aliphatic hydroxyl groups excluding tert-OH is 1. The van der Waals surface area contributed by atoms with Crippen molar-refractivity contribution < 1.29 is 20.1 Å². The van der Waals surface area contributed by atoms with Gasteiger partial charge in [-0.15, -0.1) is 0 Å². The maximum atomic E-state index is 10.5. The van der Waals surface area contributed by atoms with Crippen LogP contribution in [0.5, 0.6) is 5.75 Å². The molecule has 1 aromatic carbocycles. The first-order valence-corrected chi connectivity index (χ1v) is 10.3. The summed E-state index contributed by atoms with van der Waals surface area (Å²) >= 11 is 0. The van der Waals surface area contributed by atoms with E-state index in [1.54, 1.807) is 30.5 Å². The third-order valence-electron chi connectivity index (χ3n) is 5.45. The van der Waals surface area contributed by atoms with Gasteiger partial charge in [-0.05, 0) is 61.4 Å². The number of aromatic nitrogens is 1. The zero-order valence-corrected chi connectivity index (χ0v) is 17.6. The van der Waals surface area contributed by atoms with Crippen LogP contribution in [0.3, 0.4) is 0 Å². The lowest BCUT2D eigenvalue weighted by molar-refractivity contribution is -0.0425. The number of allylic oxidation sites excluding steroid dienone is 2. The number of hydrogen-bond donors (Lipinski definition) is 3.